The fourth-order valence-electron chi connectivity index (χ4n) is 4.95. The van der Waals surface area contributed by atoms with Crippen LogP contribution in [-0.4, -0.2) is 59.2 Å². The lowest BCUT2D eigenvalue weighted by Crippen LogP contribution is -2.37. The van der Waals surface area contributed by atoms with E-state index in [1.54, 1.807) is 52.7 Å². The third-order valence-electron chi connectivity index (χ3n) is 6.56. The molecule has 15 heteroatoms. The van der Waals surface area contributed by atoms with E-state index < -0.39 is 34.9 Å². The first-order valence-corrected chi connectivity index (χ1v) is 16.5. The van der Waals surface area contributed by atoms with Gasteiger partial charge in [-0.2, -0.15) is 5.26 Å². The Kier molecular flexibility index (Phi) is 8.98. The molecule has 5 rings (SSSR count). The number of halogens is 3. The van der Waals surface area contributed by atoms with Crippen LogP contribution in [0.1, 0.15) is 47.1 Å². The molecule has 46 heavy (non-hydrogen) atoms. The number of aromatic nitrogens is 2. The zero-order valence-corrected chi connectivity index (χ0v) is 28.4. The van der Waals surface area contributed by atoms with E-state index in [4.69, 9.17) is 25.8 Å². The first-order valence-electron chi connectivity index (χ1n) is 14.0. The molecule has 0 spiro atoms. The van der Waals surface area contributed by atoms with E-state index in [1.165, 1.54) is 17.8 Å². The molecule has 10 nitrogen and oxygen atoms in total. The first kappa shape index (κ1) is 33.4. The normalized spacial score (nSPS) is 13.3. The fraction of sp³-hybridized carbons (Fsp3) is 0.387. The molecular weight excluding hydrogens is 660 g/mol. The van der Waals surface area contributed by atoms with Gasteiger partial charge in [-0.05, 0) is 59.4 Å². The summed E-state index contributed by atoms with van der Waals surface area (Å²) in [6.07, 6.45) is 0.883. The highest BCUT2D eigenvalue weighted by Crippen LogP contribution is 2.51. The molecule has 0 aliphatic carbocycles. The van der Waals surface area contributed by atoms with Crippen LogP contribution in [0.2, 0.25) is 5.02 Å². The van der Waals surface area contributed by atoms with Crippen molar-refractivity contribution in [1.29, 1.82) is 5.26 Å². The van der Waals surface area contributed by atoms with Crippen molar-refractivity contribution in [3.05, 3.63) is 34.4 Å². The number of amides is 1. The van der Waals surface area contributed by atoms with E-state index in [0.29, 0.717) is 0 Å². The monoisotopic (exact) mass is 689 g/mol. The van der Waals surface area contributed by atoms with Crippen molar-refractivity contribution in [2.45, 2.75) is 57.9 Å². The third-order valence-corrected chi connectivity index (χ3v) is 8.58. The van der Waals surface area contributed by atoms with Gasteiger partial charge in [0.1, 0.15) is 52.6 Å². The minimum Gasteiger partial charge on any atom is -0.489 e. The molecule has 1 N–H and O–H groups in total. The second-order valence-electron chi connectivity index (χ2n) is 12.3. The van der Waals surface area contributed by atoms with Crippen LogP contribution < -0.4 is 15.0 Å². The summed E-state index contributed by atoms with van der Waals surface area (Å²) in [5, 5.41) is 13.0. The molecule has 0 saturated heterocycles. The number of thioether (sulfide) groups is 1. The maximum Gasteiger partial charge on any atom is 0.412 e. The highest BCUT2D eigenvalue weighted by molar-refractivity contribution is 7.98. The van der Waals surface area contributed by atoms with Crippen molar-refractivity contribution < 1.29 is 32.6 Å². The molecule has 3 heterocycles. The molecule has 4 aromatic rings. The van der Waals surface area contributed by atoms with E-state index in [1.807, 2.05) is 6.07 Å². The second-order valence-corrected chi connectivity index (χ2v) is 14.5. The summed E-state index contributed by atoms with van der Waals surface area (Å²) in [6.45, 7) is 10.4. The SMILES string of the molecule is CSc1nc2c3c(c(Cl)c(-c4ccc(F)c5sc(NC(=O)OC(C)(C)C)c(C#N)c45)c(F)c3n1)OCCN2CC(=O)OC(C)(C)C. The Morgan fingerprint density at radius 2 is 1.85 bits per heavy atom. The van der Waals surface area contributed by atoms with Crippen molar-refractivity contribution in [2.24, 2.45) is 0 Å². The predicted octanol–water partition coefficient (Wildman–Crippen LogP) is 7.92. The van der Waals surface area contributed by atoms with Crippen molar-refractivity contribution >= 4 is 78.6 Å². The van der Waals surface area contributed by atoms with Crippen LogP contribution in [0.25, 0.3) is 32.1 Å². The van der Waals surface area contributed by atoms with E-state index >= 15 is 8.78 Å². The van der Waals surface area contributed by atoms with Crippen LogP contribution in [-0.2, 0) is 14.3 Å². The van der Waals surface area contributed by atoms with Crippen LogP contribution in [0.4, 0.5) is 24.4 Å². The van der Waals surface area contributed by atoms with Crippen LogP contribution in [0, 0.1) is 23.0 Å². The zero-order chi connectivity index (χ0) is 33.7. The topological polar surface area (TPSA) is 127 Å². The number of rotatable bonds is 5. The Hall–Kier alpha value is -3.93. The quantitative estimate of drug-likeness (QED) is 0.125. The van der Waals surface area contributed by atoms with E-state index in [-0.39, 0.29) is 84.1 Å². The number of carbonyl (C=O) groups excluding carboxylic acids is 2. The molecule has 0 radical (unpaired) electrons. The van der Waals surface area contributed by atoms with Gasteiger partial charge in [-0.15, -0.1) is 11.3 Å². The minimum atomic E-state index is -0.866. The van der Waals surface area contributed by atoms with Gasteiger partial charge < -0.3 is 19.1 Å². The predicted molar refractivity (Wildman–Crippen MR) is 175 cm³/mol. The van der Waals surface area contributed by atoms with Crippen LogP contribution in [0.15, 0.2) is 17.3 Å². The van der Waals surface area contributed by atoms with Crippen LogP contribution in [0.3, 0.4) is 0 Å². The van der Waals surface area contributed by atoms with Crippen molar-refractivity contribution in [1.82, 2.24) is 9.97 Å². The van der Waals surface area contributed by atoms with Gasteiger partial charge in [0.05, 0.1) is 27.2 Å². The number of hydrogen-bond donors (Lipinski definition) is 1. The number of benzene rings is 2. The van der Waals surface area contributed by atoms with E-state index in [9.17, 15) is 14.9 Å². The van der Waals surface area contributed by atoms with Gasteiger partial charge in [0.15, 0.2) is 16.7 Å². The Labute approximate surface area is 277 Å². The molecule has 0 unspecified atom stereocenters. The summed E-state index contributed by atoms with van der Waals surface area (Å²) in [5.41, 5.74) is -1.88. The average molecular weight is 690 g/mol. The molecule has 242 valence electrons. The largest absolute Gasteiger partial charge is 0.489 e. The molecular formula is C31H30ClF2N5O5S2. The highest BCUT2D eigenvalue weighted by atomic mass is 35.5. The van der Waals surface area contributed by atoms with Gasteiger partial charge in [0.2, 0.25) is 0 Å². The number of ether oxygens (including phenoxy) is 3. The molecule has 1 aliphatic heterocycles. The Balaban J connectivity index is 1.74. The van der Waals surface area contributed by atoms with Gasteiger partial charge in [-0.3, -0.25) is 10.1 Å². The lowest BCUT2D eigenvalue weighted by atomic mass is 9.96. The van der Waals surface area contributed by atoms with Gasteiger partial charge in [-0.1, -0.05) is 29.4 Å². The number of nitriles is 1. The Morgan fingerprint density at radius 1 is 1.15 bits per heavy atom. The summed E-state index contributed by atoms with van der Waals surface area (Å²) in [4.78, 5) is 36.0. The number of nitrogens with one attached hydrogen (secondary N) is 1. The van der Waals surface area contributed by atoms with Crippen LogP contribution in [0.5, 0.6) is 5.75 Å². The van der Waals surface area contributed by atoms with Crippen molar-refractivity contribution in [3.63, 3.8) is 0 Å². The summed E-state index contributed by atoms with van der Waals surface area (Å²) in [6, 6.07) is 4.46. The lowest BCUT2D eigenvalue weighted by Gasteiger charge is -2.25. The number of esters is 1. The molecule has 0 saturated carbocycles. The lowest BCUT2D eigenvalue weighted by molar-refractivity contribution is -0.153. The van der Waals surface area contributed by atoms with Gasteiger partial charge in [0.25, 0.3) is 0 Å². The number of carbonyl (C=O) groups is 2. The molecule has 1 amide bonds. The highest BCUT2D eigenvalue weighted by Gasteiger charge is 2.33. The maximum absolute atomic E-state index is 16.9. The van der Waals surface area contributed by atoms with Crippen molar-refractivity contribution in [2.75, 3.05) is 36.2 Å². The summed E-state index contributed by atoms with van der Waals surface area (Å²) >= 11 is 8.90. The summed E-state index contributed by atoms with van der Waals surface area (Å²) in [7, 11) is 0. The Bertz CT molecular complexity index is 1950. The van der Waals surface area contributed by atoms with E-state index in [2.05, 4.69) is 15.3 Å². The second kappa shape index (κ2) is 12.4. The Morgan fingerprint density at radius 3 is 2.48 bits per heavy atom. The molecule has 0 bridgehead atoms. The standard InChI is InChI=1S/C31H30ClF2N5O5S2/c1-30(2,3)43-17(40)13-39-10-11-42-24-20-23(36-28(45-7)37-26(20)39)22(34)19(21(24)32)14-8-9-16(33)25-18(14)15(12-35)27(46-25)38-29(41)44-31(4,5)6/h8-9H,10-11,13H2,1-7H3,(H,38,41). The summed E-state index contributed by atoms with van der Waals surface area (Å²) < 4.78 is 49.0. The molecule has 2 aromatic heterocycles. The molecule has 0 atom stereocenters. The number of anilines is 2. The van der Waals surface area contributed by atoms with Crippen LogP contribution >= 0.6 is 34.7 Å². The number of thiophene rings is 1. The molecule has 2 aromatic carbocycles. The number of hydrogen-bond acceptors (Lipinski definition) is 11. The molecule has 0 fully saturated rings. The molecule has 1 aliphatic rings. The minimum absolute atomic E-state index is 0.000766. The van der Waals surface area contributed by atoms with Gasteiger partial charge in [0, 0.05) is 10.9 Å². The summed E-state index contributed by atoms with van der Waals surface area (Å²) in [5.74, 6) is -1.75. The zero-order valence-electron chi connectivity index (χ0n) is 26.1. The number of fused-ring (bicyclic) bond motifs is 1. The first-order chi connectivity index (χ1) is 21.5. The maximum atomic E-state index is 16.9. The number of nitrogens with zero attached hydrogens (tertiary/aromatic N) is 4. The van der Waals surface area contributed by atoms with Gasteiger partial charge in [-0.25, -0.2) is 23.5 Å². The van der Waals surface area contributed by atoms with Gasteiger partial charge >= 0.3 is 12.1 Å². The third kappa shape index (κ3) is 6.49. The smallest absolute Gasteiger partial charge is 0.412 e. The average Bonchev–Trinajstić information content (AvgIpc) is 3.21. The fourth-order valence-corrected chi connectivity index (χ4v) is 6.71. The van der Waals surface area contributed by atoms with Crippen molar-refractivity contribution in [3.8, 4) is 22.9 Å². The van der Waals surface area contributed by atoms with E-state index in [0.717, 1.165) is 17.4 Å².